The van der Waals surface area contributed by atoms with Gasteiger partial charge in [0.15, 0.2) is 0 Å². The Kier molecular flexibility index (Phi) is 6.35. The van der Waals surface area contributed by atoms with Gasteiger partial charge in [-0.1, -0.05) is 42.5 Å². The molecule has 1 atom stereocenters. The molecule has 41 heavy (non-hydrogen) atoms. The summed E-state index contributed by atoms with van der Waals surface area (Å²) in [6, 6.07) is 12.7. The van der Waals surface area contributed by atoms with Gasteiger partial charge in [-0.15, -0.1) is 9.35 Å². The Labute approximate surface area is 229 Å². The van der Waals surface area contributed by atoms with Gasteiger partial charge < -0.3 is 9.84 Å². The highest BCUT2D eigenvalue weighted by Crippen LogP contribution is 2.39. The molecule has 3 aromatic carbocycles. The zero-order valence-electron chi connectivity index (χ0n) is 20.6. The highest BCUT2D eigenvalue weighted by atomic mass is 32.2. The van der Waals surface area contributed by atoms with E-state index in [4.69, 9.17) is 4.74 Å². The first-order chi connectivity index (χ1) is 19.1. The fraction of sp³-hybridized carbons (Fsp3) is 0.111. The number of hydrogen-bond donors (Lipinski definition) is 1. The predicted octanol–water partition coefficient (Wildman–Crippen LogP) is 4.33. The van der Waals surface area contributed by atoms with Gasteiger partial charge in [0.25, 0.3) is 11.8 Å². The first kappa shape index (κ1) is 27.7. The van der Waals surface area contributed by atoms with Crippen LogP contribution in [0.3, 0.4) is 0 Å². The molecule has 2 aliphatic rings. The van der Waals surface area contributed by atoms with Gasteiger partial charge in [-0.3, -0.25) is 9.59 Å². The van der Waals surface area contributed by atoms with Crippen molar-refractivity contribution in [2.75, 3.05) is 0 Å². The quantitative estimate of drug-likeness (QED) is 0.262. The number of amides is 2. The summed E-state index contributed by atoms with van der Waals surface area (Å²) in [6.45, 7) is 1.34. The van der Waals surface area contributed by atoms with Crippen LogP contribution in [0.25, 0.3) is 22.4 Å². The van der Waals surface area contributed by atoms with E-state index >= 15 is 0 Å². The number of carbonyl (C=O) groups is 4. The van der Waals surface area contributed by atoms with Crippen LogP contribution < -0.4 is 0 Å². The number of halogens is 3. The number of imide groups is 1. The summed E-state index contributed by atoms with van der Waals surface area (Å²) >= 11 is 0. The third kappa shape index (κ3) is 4.66. The van der Waals surface area contributed by atoms with Crippen LogP contribution in [0.2, 0.25) is 0 Å². The summed E-state index contributed by atoms with van der Waals surface area (Å²) in [7, 11) is -6.40. The maximum atomic E-state index is 13.4. The lowest BCUT2D eigenvalue weighted by Crippen LogP contribution is -2.45. The topological polar surface area (TPSA) is 144 Å². The van der Waals surface area contributed by atoms with E-state index in [1.807, 2.05) is 0 Å². The molecule has 0 spiro atoms. The fourth-order valence-electron chi connectivity index (χ4n) is 4.52. The molecule has 210 valence electrons. The third-order valence-corrected chi connectivity index (χ3v) is 7.28. The van der Waals surface area contributed by atoms with Crippen LogP contribution in [0, 0.1) is 0 Å². The van der Waals surface area contributed by atoms with E-state index in [0.717, 1.165) is 12.1 Å². The lowest BCUT2D eigenvalue weighted by Gasteiger charge is -2.29. The number of benzene rings is 3. The normalized spacial score (nSPS) is 18.5. The first-order valence-corrected chi connectivity index (χ1v) is 13.0. The zero-order chi connectivity index (χ0) is 29.9. The standard InChI is InChI=1S/C27H16F3NO9S/c1-26(39-25(36)18-10-9-17(24(34)35)15-6-2-3-7-16(15)18)12-11-14-5-4-8-19-21(14)20(13-26)23(33)31(22(19)32)40-41(37,38)27(28,29)30/h2-13H,1H3,(H,34,35). The largest absolute Gasteiger partial charge is 0.525 e. The second-order valence-electron chi connectivity index (χ2n) is 9.13. The number of ether oxygens (including phenoxy) is 1. The van der Waals surface area contributed by atoms with Gasteiger partial charge in [-0.2, -0.15) is 21.6 Å². The van der Waals surface area contributed by atoms with Crippen molar-refractivity contribution in [3.05, 3.63) is 94.6 Å². The summed E-state index contributed by atoms with van der Waals surface area (Å²) in [5.74, 6) is -5.15. The molecular weight excluding hydrogens is 571 g/mol. The molecule has 2 amide bonds. The number of carbonyl (C=O) groups excluding carboxylic acids is 3. The fourth-order valence-corrected chi connectivity index (χ4v) is 4.94. The molecule has 10 nitrogen and oxygen atoms in total. The summed E-state index contributed by atoms with van der Waals surface area (Å²) in [5, 5.41) is 9.50. The summed E-state index contributed by atoms with van der Waals surface area (Å²) < 4.78 is 71.9. The second kappa shape index (κ2) is 9.38. The molecule has 3 aromatic rings. The van der Waals surface area contributed by atoms with Crippen molar-refractivity contribution in [2.45, 2.75) is 18.0 Å². The molecule has 0 aromatic heterocycles. The SMILES string of the molecule is CC1(OC(=O)c2ccc(C(=O)O)c3ccccc23)C=Cc2cccc3c2C(=C1)C(=O)N(OS(=O)(=O)C(F)(F)F)C3=O. The first-order valence-electron chi connectivity index (χ1n) is 11.6. The van der Waals surface area contributed by atoms with Crippen molar-refractivity contribution in [3.63, 3.8) is 0 Å². The van der Waals surface area contributed by atoms with Crippen LogP contribution in [-0.2, 0) is 23.9 Å². The Morgan fingerprint density at radius 3 is 2.20 bits per heavy atom. The molecule has 1 heterocycles. The van der Waals surface area contributed by atoms with Crippen molar-refractivity contribution < 1.29 is 54.9 Å². The highest BCUT2D eigenvalue weighted by molar-refractivity contribution is 7.87. The Morgan fingerprint density at radius 1 is 0.927 bits per heavy atom. The molecule has 0 radical (unpaired) electrons. The number of rotatable bonds is 5. The van der Waals surface area contributed by atoms with Crippen LogP contribution in [0.1, 0.15) is 49.1 Å². The van der Waals surface area contributed by atoms with E-state index in [9.17, 15) is 45.9 Å². The Balaban J connectivity index is 1.59. The van der Waals surface area contributed by atoms with Crippen LogP contribution in [-0.4, -0.2) is 53.4 Å². The number of carboxylic acid groups (broad SMARTS) is 1. The van der Waals surface area contributed by atoms with Crippen LogP contribution in [0.15, 0.2) is 66.7 Å². The molecule has 0 saturated heterocycles. The van der Waals surface area contributed by atoms with Gasteiger partial charge >= 0.3 is 27.6 Å². The number of nitrogens with zero attached hydrogens (tertiary/aromatic N) is 1. The van der Waals surface area contributed by atoms with Gasteiger partial charge in [-0.05, 0) is 53.6 Å². The highest BCUT2D eigenvalue weighted by Gasteiger charge is 2.52. The number of fused-ring (bicyclic) bond motifs is 1. The van der Waals surface area contributed by atoms with E-state index < -0.39 is 55.6 Å². The van der Waals surface area contributed by atoms with E-state index in [-0.39, 0.29) is 38.6 Å². The maximum Gasteiger partial charge on any atom is 0.525 e. The van der Waals surface area contributed by atoms with Crippen LogP contribution >= 0.6 is 0 Å². The minimum absolute atomic E-state index is 0.0209. The van der Waals surface area contributed by atoms with Gasteiger partial charge in [0.2, 0.25) is 0 Å². The van der Waals surface area contributed by atoms with E-state index in [1.165, 1.54) is 55.5 Å². The zero-order valence-corrected chi connectivity index (χ0v) is 21.4. The van der Waals surface area contributed by atoms with E-state index in [2.05, 4.69) is 4.28 Å². The van der Waals surface area contributed by atoms with Crippen molar-refractivity contribution in [2.24, 2.45) is 0 Å². The number of alkyl halides is 3. The van der Waals surface area contributed by atoms with Gasteiger partial charge in [-0.25, -0.2) is 9.59 Å². The minimum Gasteiger partial charge on any atom is -0.478 e. The molecule has 0 bridgehead atoms. The third-order valence-electron chi connectivity index (χ3n) is 6.36. The minimum atomic E-state index is -6.40. The molecule has 1 aliphatic heterocycles. The van der Waals surface area contributed by atoms with Crippen molar-refractivity contribution in [3.8, 4) is 0 Å². The van der Waals surface area contributed by atoms with Crippen molar-refractivity contribution >= 4 is 56.3 Å². The number of esters is 1. The molecule has 0 saturated carbocycles. The van der Waals surface area contributed by atoms with E-state index in [0.29, 0.717) is 0 Å². The summed E-state index contributed by atoms with van der Waals surface area (Å²) in [6.07, 6.45) is 3.83. The summed E-state index contributed by atoms with van der Waals surface area (Å²) in [4.78, 5) is 51.1. The monoisotopic (exact) mass is 587 g/mol. The Hall–Kier alpha value is -4.82. The molecular formula is C27H16F3NO9S. The average molecular weight is 587 g/mol. The van der Waals surface area contributed by atoms with Gasteiger partial charge in [0, 0.05) is 5.56 Å². The summed E-state index contributed by atoms with van der Waals surface area (Å²) in [5.41, 5.74) is -8.34. The second-order valence-corrected chi connectivity index (χ2v) is 10.6. The Bertz CT molecular complexity index is 1860. The lowest BCUT2D eigenvalue weighted by molar-refractivity contribution is -0.144. The lowest BCUT2D eigenvalue weighted by atomic mass is 9.89. The number of aromatic carboxylic acids is 1. The number of hydrogen-bond acceptors (Lipinski definition) is 8. The van der Waals surface area contributed by atoms with Crippen molar-refractivity contribution in [1.82, 2.24) is 5.06 Å². The number of hydroxylamine groups is 2. The average Bonchev–Trinajstić information content (AvgIpc) is 3.05. The van der Waals surface area contributed by atoms with Crippen LogP contribution in [0.4, 0.5) is 13.2 Å². The van der Waals surface area contributed by atoms with Crippen molar-refractivity contribution in [1.29, 1.82) is 0 Å². The molecule has 14 heteroatoms. The Morgan fingerprint density at radius 2 is 1.56 bits per heavy atom. The number of carboxylic acids is 1. The molecule has 1 aliphatic carbocycles. The van der Waals surface area contributed by atoms with Gasteiger partial charge in [0.1, 0.15) is 5.60 Å². The van der Waals surface area contributed by atoms with Gasteiger partial charge in [0.05, 0.1) is 22.3 Å². The smallest absolute Gasteiger partial charge is 0.478 e. The van der Waals surface area contributed by atoms with Crippen LogP contribution in [0.5, 0.6) is 0 Å². The molecule has 5 rings (SSSR count). The molecule has 1 N–H and O–H groups in total. The predicted molar refractivity (Wildman–Crippen MR) is 135 cm³/mol. The van der Waals surface area contributed by atoms with E-state index in [1.54, 1.807) is 12.1 Å². The maximum absolute atomic E-state index is 13.4. The molecule has 1 unspecified atom stereocenters. The molecule has 0 fully saturated rings.